The second-order valence-electron chi connectivity index (χ2n) is 4.71. The number of nitrogens with one attached hydrogen (secondary N) is 1. The number of hydrogen-bond acceptors (Lipinski definition) is 5. The van der Waals surface area contributed by atoms with Gasteiger partial charge in [0.1, 0.15) is 6.04 Å². The van der Waals surface area contributed by atoms with Crippen molar-refractivity contribution in [1.82, 2.24) is 5.32 Å². The van der Waals surface area contributed by atoms with Gasteiger partial charge in [0, 0.05) is 11.3 Å². The number of esters is 1. The molecule has 0 radical (unpaired) electrons. The zero-order valence-electron chi connectivity index (χ0n) is 11.5. The van der Waals surface area contributed by atoms with E-state index in [1.54, 1.807) is 0 Å². The maximum Gasteiger partial charge on any atom is 0.328 e. The quantitative estimate of drug-likeness (QED) is 0.473. The normalized spacial score (nSPS) is 21.4. The largest absolute Gasteiger partial charge is 0.467 e. The molecule has 2 atom stereocenters. The molecule has 5 nitrogen and oxygen atoms in total. The van der Waals surface area contributed by atoms with Crippen LogP contribution in [-0.2, 0) is 18.5 Å². The fourth-order valence-electron chi connectivity index (χ4n) is 1.68. The van der Waals surface area contributed by atoms with Crippen LogP contribution in [0.15, 0.2) is 12.2 Å². The van der Waals surface area contributed by atoms with E-state index in [9.17, 15) is 9.59 Å². The first kappa shape index (κ1) is 16.0. The molecule has 6 heteroatoms. The molecule has 108 valence electrons. The summed E-state index contributed by atoms with van der Waals surface area (Å²) in [7, 11) is 1.32. The van der Waals surface area contributed by atoms with Crippen LogP contribution in [-0.4, -0.2) is 36.9 Å². The number of rotatable bonds is 5. The Labute approximate surface area is 118 Å². The molecular formula is C13H21NO4S. The highest BCUT2D eigenvalue weighted by Gasteiger charge is 2.24. The number of methoxy groups -OCH3 is 1. The molecule has 1 rings (SSSR count). The fraction of sp³-hybridized carbons (Fsp3) is 0.692. The van der Waals surface area contributed by atoms with Crippen LogP contribution in [0, 0.1) is 5.92 Å². The summed E-state index contributed by atoms with van der Waals surface area (Å²) >= 11 is 1.38. The standard InChI is InChI=1S/C13H21NO4S/c1-9(2)12(13(16)17-3)14-11(15)7-6-10-5-4-8-18-19-10/h6-7,9-10,12H,4-5,8H2,1-3H3,(H,14,15)/b7-6+. The molecule has 1 saturated heterocycles. The van der Waals surface area contributed by atoms with E-state index in [0.717, 1.165) is 19.4 Å². The van der Waals surface area contributed by atoms with E-state index in [-0.39, 0.29) is 17.1 Å². The molecule has 1 fully saturated rings. The van der Waals surface area contributed by atoms with Crippen molar-refractivity contribution in [3.63, 3.8) is 0 Å². The highest BCUT2D eigenvalue weighted by Crippen LogP contribution is 2.24. The van der Waals surface area contributed by atoms with Gasteiger partial charge in [0.2, 0.25) is 5.91 Å². The zero-order valence-corrected chi connectivity index (χ0v) is 12.4. The van der Waals surface area contributed by atoms with E-state index in [2.05, 4.69) is 10.1 Å². The van der Waals surface area contributed by atoms with Crippen LogP contribution in [0.3, 0.4) is 0 Å². The lowest BCUT2D eigenvalue weighted by molar-refractivity contribution is -0.145. The molecule has 0 saturated carbocycles. The second kappa shape index (κ2) is 8.22. The van der Waals surface area contributed by atoms with E-state index in [4.69, 9.17) is 4.18 Å². The van der Waals surface area contributed by atoms with Crippen LogP contribution in [0.5, 0.6) is 0 Å². The van der Waals surface area contributed by atoms with Crippen molar-refractivity contribution in [1.29, 1.82) is 0 Å². The summed E-state index contributed by atoms with van der Waals surface area (Å²) in [5.74, 6) is -0.723. The van der Waals surface area contributed by atoms with Crippen molar-refractivity contribution in [3.05, 3.63) is 12.2 Å². The monoisotopic (exact) mass is 287 g/mol. The van der Waals surface area contributed by atoms with Crippen molar-refractivity contribution in [2.24, 2.45) is 5.92 Å². The third-order valence-corrected chi connectivity index (χ3v) is 3.73. The topological polar surface area (TPSA) is 64.6 Å². The highest BCUT2D eigenvalue weighted by molar-refractivity contribution is 7.95. The van der Waals surface area contributed by atoms with Crippen LogP contribution in [0.4, 0.5) is 0 Å². The van der Waals surface area contributed by atoms with Gasteiger partial charge in [-0.1, -0.05) is 19.9 Å². The molecule has 0 spiro atoms. The molecule has 0 aromatic heterocycles. The Balaban J connectivity index is 2.47. The Morgan fingerprint density at radius 2 is 2.21 bits per heavy atom. The van der Waals surface area contributed by atoms with Gasteiger partial charge >= 0.3 is 5.97 Å². The lowest BCUT2D eigenvalue weighted by atomic mass is 10.0. The van der Waals surface area contributed by atoms with Gasteiger partial charge in [-0.25, -0.2) is 4.79 Å². The molecular weight excluding hydrogens is 266 g/mol. The Morgan fingerprint density at radius 1 is 1.47 bits per heavy atom. The van der Waals surface area contributed by atoms with Gasteiger partial charge in [-0.2, -0.15) is 0 Å². The van der Waals surface area contributed by atoms with Crippen molar-refractivity contribution < 1.29 is 18.5 Å². The number of hydrogen-bond donors (Lipinski definition) is 1. The van der Waals surface area contributed by atoms with E-state index in [1.165, 1.54) is 25.2 Å². The Morgan fingerprint density at radius 3 is 2.74 bits per heavy atom. The van der Waals surface area contributed by atoms with E-state index >= 15 is 0 Å². The van der Waals surface area contributed by atoms with Crippen LogP contribution < -0.4 is 5.32 Å². The second-order valence-corrected chi connectivity index (χ2v) is 5.75. The van der Waals surface area contributed by atoms with E-state index in [1.807, 2.05) is 19.9 Å². The third kappa shape index (κ3) is 5.65. The number of ether oxygens (including phenoxy) is 1. The van der Waals surface area contributed by atoms with Gasteiger partial charge in [0.15, 0.2) is 0 Å². The molecule has 1 aliphatic heterocycles. The van der Waals surface area contributed by atoms with Gasteiger partial charge in [0.05, 0.1) is 13.7 Å². The molecule has 1 N–H and O–H groups in total. The van der Waals surface area contributed by atoms with Gasteiger partial charge in [-0.05, 0) is 30.8 Å². The summed E-state index contributed by atoms with van der Waals surface area (Å²) in [6.07, 6.45) is 5.28. The summed E-state index contributed by atoms with van der Waals surface area (Å²) in [5, 5.41) is 2.86. The lowest BCUT2D eigenvalue weighted by Gasteiger charge is -2.19. The van der Waals surface area contributed by atoms with Crippen molar-refractivity contribution >= 4 is 23.9 Å². The summed E-state index contributed by atoms with van der Waals surface area (Å²) in [4.78, 5) is 23.3. The molecule has 1 amide bonds. The predicted octanol–water partition coefficient (Wildman–Crippen LogP) is 1.68. The molecule has 0 bridgehead atoms. The molecule has 0 aromatic carbocycles. The SMILES string of the molecule is COC(=O)C(NC(=O)/C=C/C1CCCOS1)C(C)C. The Kier molecular flexibility index (Phi) is 6.94. The minimum absolute atomic E-state index is 0.0165. The molecule has 1 aliphatic rings. The first-order valence-electron chi connectivity index (χ1n) is 6.39. The lowest BCUT2D eigenvalue weighted by Crippen LogP contribution is -2.44. The summed E-state index contributed by atoms with van der Waals surface area (Å²) in [6, 6.07) is -0.614. The van der Waals surface area contributed by atoms with Gasteiger partial charge in [-0.15, -0.1) is 0 Å². The number of carbonyl (C=O) groups excluding carboxylic acids is 2. The molecule has 1 heterocycles. The molecule has 0 aliphatic carbocycles. The van der Waals surface area contributed by atoms with Crippen molar-refractivity contribution in [2.45, 2.75) is 38.0 Å². The predicted molar refractivity (Wildman–Crippen MR) is 74.5 cm³/mol. The first-order valence-corrected chi connectivity index (χ1v) is 7.20. The number of amides is 1. The summed E-state index contributed by atoms with van der Waals surface area (Å²) in [6.45, 7) is 4.48. The van der Waals surface area contributed by atoms with Crippen LogP contribution in [0.1, 0.15) is 26.7 Å². The maximum absolute atomic E-state index is 11.8. The molecule has 19 heavy (non-hydrogen) atoms. The summed E-state index contributed by atoms with van der Waals surface area (Å²) < 4.78 is 9.92. The Bertz CT molecular complexity index is 338. The fourth-order valence-corrected chi connectivity index (χ4v) is 2.47. The first-order chi connectivity index (χ1) is 9.04. The smallest absolute Gasteiger partial charge is 0.328 e. The van der Waals surface area contributed by atoms with Crippen molar-refractivity contribution in [3.8, 4) is 0 Å². The van der Waals surface area contributed by atoms with Crippen LogP contribution >= 0.6 is 12.0 Å². The van der Waals surface area contributed by atoms with E-state index in [0.29, 0.717) is 0 Å². The number of carbonyl (C=O) groups is 2. The van der Waals surface area contributed by atoms with Crippen LogP contribution in [0.25, 0.3) is 0 Å². The van der Waals surface area contributed by atoms with Gasteiger partial charge in [-0.3, -0.25) is 4.79 Å². The highest BCUT2D eigenvalue weighted by atomic mass is 32.2. The average Bonchev–Trinajstić information content (AvgIpc) is 2.42. The molecule has 0 aromatic rings. The third-order valence-electron chi connectivity index (χ3n) is 2.79. The Hall–Kier alpha value is -1.01. The average molecular weight is 287 g/mol. The zero-order chi connectivity index (χ0) is 14.3. The van der Waals surface area contributed by atoms with Gasteiger partial charge < -0.3 is 14.2 Å². The summed E-state index contributed by atoms with van der Waals surface area (Å²) in [5.41, 5.74) is 0. The van der Waals surface area contributed by atoms with Crippen LogP contribution in [0.2, 0.25) is 0 Å². The van der Waals surface area contributed by atoms with Gasteiger partial charge in [0.25, 0.3) is 0 Å². The minimum Gasteiger partial charge on any atom is -0.467 e. The minimum atomic E-state index is -0.614. The molecule has 2 unspecified atom stereocenters. The van der Waals surface area contributed by atoms with Crippen molar-refractivity contribution in [2.75, 3.05) is 13.7 Å². The maximum atomic E-state index is 11.8. The van der Waals surface area contributed by atoms with E-state index < -0.39 is 12.0 Å².